The third kappa shape index (κ3) is 6.34. The van der Waals surface area contributed by atoms with E-state index in [2.05, 4.69) is 21.2 Å². The van der Waals surface area contributed by atoms with Gasteiger partial charge < -0.3 is 9.64 Å². The van der Waals surface area contributed by atoms with Crippen LogP contribution in [0.2, 0.25) is 0 Å². The van der Waals surface area contributed by atoms with E-state index in [0.29, 0.717) is 25.2 Å². The molecule has 0 N–H and O–H groups in total. The number of nitro groups is 1. The van der Waals surface area contributed by atoms with Crippen molar-refractivity contribution >= 4 is 32.6 Å². The molecule has 0 aliphatic carbocycles. The lowest BCUT2D eigenvalue weighted by Crippen LogP contribution is -2.32. The van der Waals surface area contributed by atoms with Crippen LogP contribution in [0, 0.1) is 21.4 Å². The molecule has 0 amide bonds. The summed E-state index contributed by atoms with van der Waals surface area (Å²) in [4.78, 5) is 12.7. The summed E-state index contributed by atoms with van der Waals surface area (Å²) >= 11 is 0. The van der Waals surface area contributed by atoms with Gasteiger partial charge in [-0.2, -0.15) is 10.4 Å². The molecule has 1 unspecified atom stereocenters. The van der Waals surface area contributed by atoms with E-state index in [9.17, 15) is 18.5 Å². The zero-order valence-corrected chi connectivity index (χ0v) is 19.1. The van der Waals surface area contributed by atoms with Crippen LogP contribution in [0.3, 0.4) is 0 Å². The van der Waals surface area contributed by atoms with E-state index in [1.54, 1.807) is 12.1 Å². The van der Waals surface area contributed by atoms with Gasteiger partial charge in [0.25, 0.3) is 5.69 Å². The third-order valence-corrected chi connectivity index (χ3v) is 7.04. The average molecular weight is 472 g/mol. The summed E-state index contributed by atoms with van der Waals surface area (Å²) in [7, 11) is -3.58. The molecule has 1 aliphatic heterocycles. The van der Waals surface area contributed by atoms with Gasteiger partial charge in [0, 0.05) is 31.5 Å². The third-order valence-electron chi connectivity index (χ3n) is 5.31. The molecule has 11 heteroatoms. The Morgan fingerprint density at radius 1 is 1.24 bits per heavy atom. The van der Waals surface area contributed by atoms with Crippen LogP contribution < -0.4 is 4.90 Å². The zero-order valence-electron chi connectivity index (χ0n) is 18.3. The predicted octanol–water partition coefficient (Wildman–Crippen LogP) is 4.70. The van der Waals surface area contributed by atoms with Crippen LogP contribution >= 0.6 is 0 Å². The Hall–Kier alpha value is -3.36. The predicted molar refractivity (Wildman–Crippen MR) is 123 cm³/mol. The van der Waals surface area contributed by atoms with Gasteiger partial charge >= 0.3 is 0 Å². The Morgan fingerprint density at radius 3 is 2.61 bits per heavy atom. The van der Waals surface area contributed by atoms with Crippen molar-refractivity contribution < 1.29 is 18.1 Å². The van der Waals surface area contributed by atoms with Crippen molar-refractivity contribution in [3.63, 3.8) is 0 Å². The van der Waals surface area contributed by atoms with Crippen molar-refractivity contribution in [1.82, 2.24) is 0 Å². The van der Waals surface area contributed by atoms with Crippen LogP contribution in [0.15, 0.2) is 57.6 Å². The molecular formula is C22H25N5O5S. The number of rotatable bonds is 10. The minimum absolute atomic E-state index is 0.0341. The summed E-state index contributed by atoms with van der Waals surface area (Å²) in [5.41, 5.74) is 0.938. The maximum atomic E-state index is 12.0. The molecule has 1 saturated heterocycles. The first-order valence-electron chi connectivity index (χ1n) is 10.6. The van der Waals surface area contributed by atoms with Gasteiger partial charge in [-0.15, -0.1) is 5.11 Å². The first-order valence-corrected chi connectivity index (χ1v) is 12.3. The second-order valence-electron chi connectivity index (χ2n) is 7.52. The second-order valence-corrected chi connectivity index (χ2v) is 9.79. The number of hydrogen-bond donors (Lipinski definition) is 0. The average Bonchev–Trinajstić information content (AvgIpc) is 3.33. The Morgan fingerprint density at radius 2 is 2.00 bits per heavy atom. The van der Waals surface area contributed by atoms with Crippen molar-refractivity contribution in [2.45, 2.75) is 37.2 Å². The fourth-order valence-electron chi connectivity index (χ4n) is 3.48. The smallest absolute Gasteiger partial charge is 0.298 e. The molecule has 10 nitrogen and oxygen atoms in total. The highest BCUT2D eigenvalue weighted by Gasteiger charge is 2.21. The van der Waals surface area contributed by atoms with E-state index >= 15 is 0 Å². The summed E-state index contributed by atoms with van der Waals surface area (Å²) in [6.45, 7) is 3.51. The van der Waals surface area contributed by atoms with E-state index in [0.717, 1.165) is 31.2 Å². The summed E-state index contributed by atoms with van der Waals surface area (Å²) < 4.78 is 29.8. The van der Waals surface area contributed by atoms with E-state index in [-0.39, 0.29) is 22.4 Å². The molecule has 0 bridgehead atoms. The molecule has 0 aromatic heterocycles. The maximum absolute atomic E-state index is 12.0. The van der Waals surface area contributed by atoms with Gasteiger partial charge in [0.05, 0.1) is 39.9 Å². The lowest BCUT2D eigenvalue weighted by molar-refractivity contribution is -0.384. The molecule has 1 heterocycles. The lowest BCUT2D eigenvalue weighted by atomic mass is 10.2. The van der Waals surface area contributed by atoms with Gasteiger partial charge in [-0.25, -0.2) is 8.42 Å². The molecule has 0 radical (unpaired) electrons. The van der Waals surface area contributed by atoms with Crippen LogP contribution in [-0.2, 0) is 14.6 Å². The van der Waals surface area contributed by atoms with Gasteiger partial charge in [-0.1, -0.05) is 6.92 Å². The Kier molecular flexibility index (Phi) is 8.08. The van der Waals surface area contributed by atoms with Crippen molar-refractivity contribution in [1.29, 1.82) is 5.26 Å². The van der Waals surface area contributed by atoms with E-state index < -0.39 is 20.4 Å². The number of azo groups is 1. The number of nitriles is 1. The molecular weight excluding hydrogens is 446 g/mol. The number of nitrogens with zero attached hydrogens (tertiary/aromatic N) is 5. The molecule has 1 aliphatic rings. The summed E-state index contributed by atoms with van der Waals surface area (Å²) in [5.74, 6) is -0.157. The fraction of sp³-hybridized carbons (Fsp3) is 0.409. The summed E-state index contributed by atoms with van der Waals surface area (Å²) in [5, 5.41) is 28.4. The van der Waals surface area contributed by atoms with Crippen molar-refractivity contribution in [3.8, 4) is 6.07 Å². The normalized spacial score (nSPS) is 16.1. The summed E-state index contributed by atoms with van der Waals surface area (Å²) in [6.07, 6.45) is 2.56. The molecule has 3 rings (SSSR count). The first kappa shape index (κ1) is 24.3. The topological polar surface area (TPSA) is 138 Å². The number of benzene rings is 2. The second kappa shape index (κ2) is 11.0. The van der Waals surface area contributed by atoms with Crippen molar-refractivity contribution in [2.24, 2.45) is 10.2 Å². The van der Waals surface area contributed by atoms with Crippen molar-refractivity contribution in [3.05, 3.63) is 52.6 Å². The Balaban J connectivity index is 1.79. The van der Waals surface area contributed by atoms with Gasteiger partial charge in [0.2, 0.25) is 0 Å². The van der Waals surface area contributed by atoms with E-state index in [4.69, 9.17) is 10.00 Å². The highest BCUT2D eigenvalue weighted by Crippen LogP contribution is 2.32. The van der Waals surface area contributed by atoms with Crippen molar-refractivity contribution in [2.75, 3.05) is 30.3 Å². The van der Waals surface area contributed by atoms with Crippen LogP contribution in [0.1, 0.15) is 26.2 Å². The van der Waals surface area contributed by atoms with Crippen LogP contribution in [-0.4, -0.2) is 44.9 Å². The highest BCUT2D eigenvalue weighted by atomic mass is 32.2. The number of nitro benzene ring substituents is 1. The number of anilines is 1. The Labute approximate surface area is 192 Å². The van der Waals surface area contributed by atoms with Crippen LogP contribution in [0.5, 0.6) is 0 Å². The standard InChI is InChI=1S/C22H25N5O5S/c1-2-33(30,31)20-10-11-21(22(15-20)27(28)29)25-24-17-6-8-18(9-7-17)26(13-4-12-23)16-19-5-3-14-32-19/h6-11,15,19H,2-5,13-14,16H2,1H3. The van der Waals surface area contributed by atoms with E-state index in [1.165, 1.54) is 19.1 Å². The number of sulfone groups is 1. The number of ether oxygens (including phenoxy) is 1. The molecule has 0 spiro atoms. The lowest BCUT2D eigenvalue weighted by Gasteiger charge is -2.26. The zero-order chi connectivity index (χ0) is 23.8. The van der Waals surface area contributed by atoms with Crippen LogP contribution in [0.25, 0.3) is 0 Å². The SMILES string of the molecule is CCS(=O)(=O)c1ccc(N=Nc2ccc(N(CCC#N)CC3CCCO3)cc2)c([N+](=O)[O-])c1. The highest BCUT2D eigenvalue weighted by molar-refractivity contribution is 7.91. The molecule has 2 aromatic carbocycles. The van der Waals surface area contributed by atoms with Crippen LogP contribution in [0.4, 0.5) is 22.7 Å². The van der Waals surface area contributed by atoms with Gasteiger partial charge in [0.1, 0.15) is 0 Å². The first-order chi connectivity index (χ1) is 15.8. The molecule has 1 atom stereocenters. The van der Waals surface area contributed by atoms with Gasteiger partial charge in [-0.3, -0.25) is 10.1 Å². The molecule has 33 heavy (non-hydrogen) atoms. The quantitative estimate of drug-likeness (QED) is 0.278. The molecule has 1 fully saturated rings. The minimum Gasteiger partial charge on any atom is -0.376 e. The molecule has 0 saturated carbocycles. The molecule has 174 valence electrons. The van der Waals surface area contributed by atoms with Gasteiger partial charge in [-0.05, 0) is 49.2 Å². The van der Waals surface area contributed by atoms with E-state index in [1.807, 2.05) is 12.1 Å². The van der Waals surface area contributed by atoms with Gasteiger partial charge in [0.15, 0.2) is 15.5 Å². The molecule has 2 aromatic rings. The number of hydrogen-bond acceptors (Lipinski definition) is 9. The largest absolute Gasteiger partial charge is 0.376 e. The maximum Gasteiger partial charge on any atom is 0.298 e. The fourth-order valence-corrected chi connectivity index (χ4v) is 4.38. The summed E-state index contributed by atoms with van der Waals surface area (Å²) in [6, 6.07) is 12.9. The Bertz CT molecular complexity index is 1150. The minimum atomic E-state index is -3.58. The monoisotopic (exact) mass is 471 g/mol.